The first-order valence-corrected chi connectivity index (χ1v) is 7.37. The van der Waals surface area contributed by atoms with Crippen LogP contribution < -0.4 is 5.73 Å². The van der Waals surface area contributed by atoms with Gasteiger partial charge in [0.15, 0.2) is 9.84 Å². The van der Waals surface area contributed by atoms with Gasteiger partial charge in [-0.1, -0.05) is 17.7 Å². The Morgan fingerprint density at radius 2 is 2.06 bits per heavy atom. The van der Waals surface area contributed by atoms with Gasteiger partial charge in [0.25, 0.3) is 0 Å². The number of nitrogens with zero attached hydrogens (tertiary/aromatic N) is 2. The quantitative estimate of drug-likeness (QED) is 0.913. The molecule has 96 valence electrons. The average molecular weight is 286 g/mol. The van der Waals surface area contributed by atoms with Gasteiger partial charge in [0.1, 0.15) is 10.7 Å². The van der Waals surface area contributed by atoms with Gasteiger partial charge >= 0.3 is 0 Å². The number of nitrogen functional groups attached to an aromatic ring is 1. The van der Waals surface area contributed by atoms with Gasteiger partial charge in [0.05, 0.1) is 11.9 Å². The molecule has 1 heterocycles. The first kappa shape index (κ1) is 12.9. The third-order valence-electron chi connectivity index (χ3n) is 2.57. The van der Waals surface area contributed by atoms with E-state index in [1.807, 2.05) is 13.0 Å². The zero-order valence-corrected chi connectivity index (χ0v) is 11.5. The van der Waals surface area contributed by atoms with Crippen LogP contribution in [0.4, 0.5) is 5.82 Å². The van der Waals surface area contributed by atoms with Gasteiger partial charge in [-0.2, -0.15) is 5.10 Å². The van der Waals surface area contributed by atoms with E-state index in [1.165, 1.54) is 10.9 Å². The van der Waals surface area contributed by atoms with Gasteiger partial charge in [-0.15, -0.1) is 0 Å². The minimum Gasteiger partial charge on any atom is -0.382 e. The van der Waals surface area contributed by atoms with Gasteiger partial charge in [-0.25, -0.2) is 13.1 Å². The second-order valence-electron chi connectivity index (χ2n) is 4.01. The van der Waals surface area contributed by atoms with Crippen molar-refractivity contribution >= 4 is 27.3 Å². The van der Waals surface area contributed by atoms with Crippen LogP contribution in [0.25, 0.3) is 5.69 Å². The van der Waals surface area contributed by atoms with Crippen LogP contribution >= 0.6 is 11.6 Å². The summed E-state index contributed by atoms with van der Waals surface area (Å²) in [6.45, 7) is 1.88. The number of anilines is 1. The van der Waals surface area contributed by atoms with Crippen molar-refractivity contribution in [2.24, 2.45) is 0 Å². The minimum absolute atomic E-state index is 0.0131. The second kappa shape index (κ2) is 4.29. The zero-order chi connectivity index (χ0) is 13.5. The molecular weight excluding hydrogens is 274 g/mol. The van der Waals surface area contributed by atoms with E-state index in [1.54, 1.807) is 12.1 Å². The Morgan fingerprint density at radius 1 is 1.39 bits per heavy atom. The van der Waals surface area contributed by atoms with Crippen LogP contribution in [-0.4, -0.2) is 24.5 Å². The molecule has 0 saturated heterocycles. The van der Waals surface area contributed by atoms with Crippen molar-refractivity contribution in [3.8, 4) is 5.69 Å². The Labute approximate surface area is 110 Å². The number of halogens is 1. The minimum atomic E-state index is -3.38. The molecule has 0 radical (unpaired) electrons. The molecule has 0 atom stereocenters. The summed E-state index contributed by atoms with van der Waals surface area (Å²) in [5.41, 5.74) is 7.34. The monoisotopic (exact) mass is 285 g/mol. The van der Waals surface area contributed by atoms with Crippen LogP contribution in [0.15, 0.2) is 29.3 Å². The number of hydrogen-bond acceptors (Lipinski definition) is 4. The summed E-state index contributed by atoms with van der Waals surface area (Å²) in [5, 5.41) is 4.55. The van der Waals surface area contributed by atoms with E-state index in [0.29, 0.717) is 10.7 Å². The molecule has 18 heavy (non-hydrogen) atoms. The van der Waals surface area contributed by atoms with E-state index < -0.39 is 9.84 Å². The van der Waals surface area contributed by atoms with Crippen molar-refractivity contribution in [3.63, 3.8) is 0 Å². The second-order valence-corrected chi connectivity index (χ2v) is 6.40. The average Bonchev–Trinajstić information content (AvgIpc) is 2.64. The largest absolute Gasteiger partial charge is 0.382 e. The highest BCUT2D eigenvalue weighted by Crippen LogP contribution is 2.24. The molecule has 0 bridgehead atoms. The van der Waals surface area contributed by atoms with E-state index >= 15 is 0 Å². The molecular formula is C11H12ClN3O2S. The predicted molar refractivity (Wildman–Crippen MR) is 70.8 cm³/mol. The van der Waals surface area contributed by atoms with Crippen molar-refractivity contribution in [1.82, 2.24) is 9.78 Å². The van der Waals surface area contributed by atoms with Gasteiger partial charge in [0.2, 0.25) is 0 Å². The lowest BCUT2D eigenvalue weighted by molar-refractivity contribution is 0.602. The lowest BCUT2D eigenvalue weighted by Crippen LogP contribution is -2.05. The van der Waals surface area contributed by atoms with Crippen molar-refractivity contribution in [3.05, 3.63) is 35.0 Å². The molecule has 7 heteroatoms. The highest BCUT2D eigenvalue weighted by Gasteiger charge is 2.17. The summed E-state index contributed by atoms with van der Waals surface area (Å²) in [7, 11) is -3.38. The van der Waals surface area contributed by atoms with Gasteiger partial charge < -0.3 is 5.73 Å². The smallest absolute Gasteiger partial charge is 0.180 e. The fourth-order valence-electron chi connectivity index (χ4n) is 1.55. The molecule has 0 saturated carbocycles. The third-order valence-corrected chi connectivity index (χ3v) is 4.09. The van der Waals surface area contributed by atoms with Gasteiger partial charge in [-0.05, 0) is 24.6 Å². The van der Waals surface area contributed by atoms with Gasteiger partial charge in [-0.3, -0.25) is 0 Å². The van der Waals surface area contributed by atoms with Crippen LogP contribution in [0.5, 0.6) is 0 Å². The standard InChI is InChI=1S/C11H12ClN3O2S/c1-7-3-4-8(5-9(7)12)15-11(13)10(6-14-15)18(2,16)17/h3-6H,13H2,1-2H3. The van der Waals surface area contributed by atoms with Crippen LogP contribution in [0.3, 0.4) is 0 Å². The Kier molecular flexibility index (Phi) is 3.08. The molecule has 0 amide bonds. The molecule has 0 aliphatic heterocycles. The molecule has 2 N–H and O–H groups in total. The predicted octanol–water partition coefficient (Wildman–Crippen LogP) is 1.82. The number of hydrogen-bond donors (Lipinski definition) is 1. The van der Waals surface area contributed by atoms with E-state index in [-0.39, 0.29) is 10.7 Å². The number of benzene rings is 1. The van der Waals surface area contributed by atoms with Crippen LogP contribution in [0.1, 0.15) is 5.56 Å². The lowest BCUT2D eigenvalue weighted by atomic mass is 10.2. The Morgan fingerprint density at radius 3 is 2.56 bits per heavy atom. The third kappa shape index (κ3) is 2.21. The molecule has 0 fully saturated rings. The van der Waals surface area contributed by atoms with Crippen LogP contribution in [0, 0.1) is 6.92 Å². The zero-order valence-electron chi connectivity index (χ0n) is 9.88. The highest BCUT2D eigenvalue weighted by atomic mass is 35.5. The topological polar surface area (TPSA) is 78.0 Å². The summed E-state index contributed by atoms with van der Waals surface area (Å²) in [5.74, 6) is 0.0809. The lowest BCUT2D eigenvalue weighted by Gasteiger charge is -2.06. The molecule has 5 nitrogen and oxygen atoms in total. The molecule has 2 aromatic rings. The maximum Gasteiger partial charge on any atom is 0.180 e. The van der Waals surface area contributed by atoms with E-state index in [0.717, 1.165) is 11.8 Å². The Bertz CT molecular complexity index is 707. The van der Waals surface area contributed by atoms with Crippen molar-refractivity contribution < 1.29 is 8.42 Å². The molecule has 0 unspecified atom stereocenters. The SMILES string of the molecule is Cc1ccc(-n2ncc(S(C)(=O)=O)c2N)cc1Cl. The Balaban J connectivity index is 2.59. The van der Waals surface area contributed by atoms with Crippen LogP contribution in [0.2, 0.25) is 5.02 Å². The molecule has 0 aliphatic carbocycles. The molecule has 1 aromatic heterocycles. The Hall–Kier alpha value is -1.53. The fourth-order valence-corrected chi connectivity index (χ4v) is 2.43. The summed E-state index contributed by atoms with van der Waals surface area (Å²) >= 11 is 6.01. The van der Waals surface area contributed by atoms with Crippen molar-refractivity contribution in [2.45, 2.75) is 11.8 Å². The molecule has 0 aliphatic rings. The van der Waals surface area contributed by atoms with E-state index in [2.05, 4.69) is 5.10 Å². The van der Waals surface area contributed by atoms with E-state index in [9.17, 15) is 8.42 Å². The normalized spacial score (nSPS) is 11.7. The summed E-state index contributed by atoms with van der Waals surface area (Å²) in [4.78, 5) is 0.0131. The number of aromatic nitrogens is 2. The van der Waals surface area contributed by atoms with Gasteiger partial charge in [0, 0.05) is 11.3 Å². The number of aryl methyl sites for hydroxylation is 1. The number of sulfone groups is 1. The molecule has 2 rings (SSSR count). The van der Waals surface area contributed by atoms with Crippen molar-refractivity contribution in [2.75, 3.05) is 12.0 Å². The van der Waals surface area contributed by atoms with E-state index in [4.69, 9.17) is 17.3 Å². The van der Waals surface area contributed by atoms with Crippen LogP contribution in [-0.2, 0) is 9.84 Å². The molecule has 1 aromatic carbocycles. The first-order valence-electron chi connectivity index (χ1n) is 5.11. The number of nitrogens with two attached hydrogens (primary N) is 1. The first-order chi connectivity index (χ1) is 8.30. The highest BCUT2D eigenvalue weighted by molar-refractivity contribution is 7.90. The summed E-state index contributed by atoms with van der Waals surface area (Å²) in [6.07, 6.45) is 2.32. The van der Waals surface area contributed by atoms with Crippen molar-refractivity contribution in [1.29, 1.82) is 0 Å². The fraction of sp³-hybridized carbons (Fsp3) is 0.182. The number of rotatable bonds is 2. The molecule has 0 spiro atoms. The maximum atomic E-state index is 11.5. The maximum absolute atomic E-state index is 11.5. The summed E-state index contributed by atoms with van der Waals surface area (Å²) < 4.78 is 24.3. The summed E-state index contributed by atoms with van der Waals surface area (Å²) in [6, 6.07) is 5.28.